The van der Waals surface area contributed by atoms with Crippen molar-refractivity contribution in [3.63, 3.8) is 0 Å². The third kappa shape index (κ3) is 3.55. The van der Waals surface area contributed by atoms with Crippen LogP contribution in [0.2, 0.25) is 5.02 Å². The normalized spacial score (nSPS) is 16.6. The SMILES string of the molecule is Cc1ccc(N2C[C@@H](C(=O)Nc3ccccc3C(N)=O)CC2=O)cc1Cl. The summed E-state index contributed by atoms with van der Waals surface area (Å²) in [5.41, 5.74) is 7.48. The topological polar surface area (TPSA) is 92.5 Å². The van der Waals surface area contributed by atoms with E-state index in [1.165, 1.54) is 0 Å². The van der Waals surface area contributed by atoms with Gasteiger partial charge >= 0.3 is 0 Å². The van der Waals surface area contributed by atoms with Gasteiger partial charge in [0, 0.05) is 23.7 Å². The highest BCUT2D eigenvalue weighted by molar-refractivity contribution is 6.31. The maximum Gasteiger partial charge on any atom is 0.250 e. The smallest absolute Gasteiger partial charge is 0.250 e. The van der Waals surface area contributed by atoms with Gasteiger partial charge in [-0.05, 0) is 36.8 Å². The molecule has 26 heavy (non-hydrogen) atoms. The Morgan fingerprint density at radius 3 is 2.65 bits per heavy atom. The van der Waals surface area contributed by atoms with Crippen molar-refractivity contribution in [1.82, 2.24) is 0 Å². The fourth-order valence-electron chi connectivity index (χ4n) is 2.92. The summed E-state index contributed by atoms with van der Waals surface area (Å²) in [6.45, 7) is 2.13. The first-order valence-corrected chi connectivity index (χ1v) is 8.51. The molecule has 0 unspecified atom stereocenters. The van der Waals surface area contributed by atoms with Crippen molar-refractivity contribution in [2.45, 2.75) is 13.3 Å². The molecule has 0 bridgehead atoms. The van der Waals surface area contributed by atoms with Gasteiger partial charge < -0.3 is 16.0 Å². The van der Waals surface area contributed by atoms with Crippen molar-refractivity contribution in [2.24, 2.45) is 11.7 Å². The second kappa shape index (κ2) is 7.17. The summed E-state index contributed by atoms with van der Waals surface area (Å²) in [5.74, 6) is -1.62. The highest BCUT2D eigenvalue weighted by Crippen LogP contribution is 2.29. The monoisotopic (exact) mass is 371 g/mol. The molecule has 2 aromatic carbocycles. The summed E-state index contributed by atoms with van der Waals surface area (Å²) in [6, 6.07) is 11.9. The summed E-state index contributed by atoms with van der Waals surface area (Å²) in [7, 11) is 0. The molecule has 134 valence electrons. The van der Waals surface area contributed by atoms with Gasteiger partial charge in [-0.3, -0.25) is 14.4 Å². The van der Waals surface area contributed by atoms with E-state index in [2.05, 4.69) is 5.32 Å². The van der Waals surface area contributed by atoms with Gasteiger partial charge in [-0.2, -0.15) is 0 Å². The first-order chi connectivity index (χ1) is 12.4. The number of nitrogens with two attached hydrogens (primary N) is 1. The van der Waals surface area contributed by atoms with E-state index in [0.717, 1.165) is 5.56 Å². The minimum atomic E-state index is -0.626. The van der Waals surface area contributed by atoms with Crippen LogP contribution in [-0.2, 0) is 9.59 Å². The number of amides is 3. The van der Waals surface area contributed by atoms with E-state index in [1.807, 2.05) is 19.1 Å². The van der Waals surface area contributed by atoms with Gasteiger partial charge in [0.1, 0.15) is 0 Å². The molecule has 3 rings (SSSR count). The van der Waals surface area contributed by atoms with Crippen LogP contribution in [0, 0.1) is 12.8 Å². The summed E-state index contributed by atoms with van der Waals surface area (Å²) < 4.78 is 0. The Kier molecular flexibility index (Phi) is 4.95. The van der Waals surface area contributed by atoms with Crippen LogP contribution in [0.4, 0.5) is 11.4 Å². The Labute approximate surface area is 155 Å². The standard InChI is InChI=1S/C19H18ClN3O3/c1-11-6-7-13(9-15(11)20)23-10-12(8-17(23)24)19(26)22-16-5-3-2-4-14(16)18(21)25/h2-7,9,12H,8,10H2,1H3,(H2,21,25)(H,22,26)/t12-/m0/s1. The molecule has 7 heteroatoms. The van der Waals surface area contributed by atoms with Crippen LogP contribution in [0.5, 0.6) is 0 Å². The number of benzene rings is 2. The van der Waals surface area contributed by atoms with Crippen molar-refractivity contribution in [3.05, 3.63) is 58.6 Å². The van der Waals surface area contributed by atoms with Crippen LogP contribution in [-0.4, -0.2) is 24.3 Å². The van der Waals surface area contributed by atoms with Crippen molar-refractivity contribution >= 4 is 40.7 Å². The van der Waals surface area contributed by atoms with Crippen LogP contribution < -0.4 is 16.0 Å². The highest BCUT2D eigenvalue weighted by Gasteiger charge is 2.35. The zero-order chi connectivity index (χ0) is 18.8. The summed E-state index contributed by atoms with van der Waals surface area (Å²) in [5, 5.41) is 3.27. The summed E-state index contributed by atoms with van der Waals surface area (Å²) >= 11 is 6.13. The Bertz CT molecular complexity index is 897. The molecule has 2 aromatic rings. The number of carbonyl (C=O) groups is 3. The molecule has 3 amide bonds. The first kappa shape index (κ1) is 17.9. The first-order valence-electron chi connectivity index (χ1n) is 8.13. The number of carbonyl (C=O) groups excluding carboxylic acids is 3. The third-order valence-corrected chi connectivity index (χ3v) is 4.82. The Balaban J connectivity index is 1.75. The van der Waals surface area contributed by atoms with E-state index < -0.39 is 11.8 Å². The number of aryl methyl sites for hydroxylation is 1. The number of hydrogen-bond donors (Lipinski definition) is 2. The second-order valence-corrected chi connectivity index (χ2v) is 6.65. The van der Waals surface area contributed by atoms with Gasteiger partial charge in [-0.1, -0.05) is 29.8 Å². The molecule has 0 aromatic heterocycles. The molecule has 0 aliphatic carbocycles. The Hall–Kier alpha value is -2.86. The van der Waals surface area contributed by atoms with Crippen molar-refractivity contribution in [3.8, 4) is 0 Å². The zero-order valence-electron chi connectivity index (χ0n) is 14.2. The molecule has 0 spiro atoms. The number of nitrogens with zero attached hydrogens (tertiary/aromatic N) is 1. The number of para-hydroxylation sites is 1. The van der Waals surface area contributed by atoms with Crippen molar-refractivity contribution in [2.75, 3.05) is 16.8 Å². The molecule has 1 saturated heterocycles. The van der Waals surface area contributed by atoms with Gasteiger partial charge in [0.05, 0.1) is 17.2 Å². The minimum absolute atomic E-state index is 0.0933. The third-order valence-electron chi connectivity index (χ3n) is 4.41. The molecule has 0 radical (unpaired) electrons. The van der Waals surface area contributed by atoms with E-state index in [9.17, 15) is 14.4 Å². The van der Waals surface area contributed by atoms with Crippen molar-refractivity contribution in [1.29, 1.82) is 0 Å². The number of nitrogens with one attached hydrogen (secondary N) is 1. The Morgan fingerprint density at radius 2 is 1.96 bits per heavy atom. The second-order valence-electron chi connectivity index (χ2n) is 6.24. The molecular weight excluding hydrogens is 354 g/mol. The van der Waals surface area contributed by atoms with Crippen LogP contribution in [0.15, 0.2) is 42.5 Å². The molecule has 6 nitrogen and oxygen atoms in total. The van der Waals surface area contributed by atoms with Crippen molar-refractivity contribution < 1.29 is 14.4 Å². The lowest BCUT2D eigenvalue weighted by Gasteiger charge is -2.18. The number of primary amides is 1. The largest absolute Gasteiger partial charge is 0.366 e. The van der Waals surface area contributed by atoms with Crippen LogP contribution in [0.3, 0.4) is 0 Å². The van der Waals surface area contributed by atoms with Gasteiger partial charge in [-0.15, -0.1) is 0 Å². The zero-order valence-corrected chi connectivity index (χ0v) is 14.9. The summed E-state index contributed by atoms with van der Waals surface area (Å²) in [6.07, 6.45) is 0.0933. The Morgan fingerprint density at radius 1 is 1.23 bits per heavy atom. The van der Waals surface area contributed by atoms with Gasteiger partial charge in [0.25, 0.3) is 5.91 Å². The maximum atomic E-state index is 12.6. The lowest BCUT2D eigenvalue weighted by Crippen LogP contribution is -2.28. The fraction of sp³-hybridized carbons (Fsp3) is 0.211. The molecule has 1 aliphatic heterocycles. The average Bonchev–Trinajstić information content (AvgIpc) is 2.99. The molecule has 1 aliphatic rings. The number of hydrogen-bond acceptors (Lipinski definition) is 3. The minimum Gasteiger partial charge on any atom is -0.366 e. The number of anilines is 2. The molecule has 1 atom stereocenters. The number of rotatable bonds is 4. The van der Waals surface area contributed by atoms with Crippen LogP contribution >= 0.6 is 11.6 Å². The highest BCUT2D eigenvalue weighted by atomic mass is 35.5. The van der Waals surface area contributed by atoms with E-state index in [0.29, 0.717) is 16.4 Å². The maximum absolute atomic E-state index is 12.6. The molecule has 1 heterocycles. The van der Waals surface area contributed by atoms with Crippen LogP contribution in [0.1, 0.15) is 22.3 Å². The van der Waals surface area contributed by atoms with E-state index >= 15 is 0 Å². The van der Waals surface area contributed by atoms with Gasteiger partial charge in [-0.25, -0.2) is 0 Å². The quantitative estimate of drug-likeness (QED) is 0.865. The van der Waals surface area contributed by atoms with E-state index in [-0.39, 0.29) is 30.3 Å². The molecular formula is C19H18ClN3O3. The van der Waals surface area contributed by atoms with Crippen LogP contribution in [0.25, 0.3) is 0 Å². The lowest BCUT2D eigenvalue weighted by atomic mass is 10.1. The van der Waals surface area contributed by atoms with E-state index in [1.54, 1.807) is 35.2 Å². The predicted molar refractivity (Wildman–Crippen MR) is 100 cm³/mol. The van der Waals surface area contributed by atoms with E-state index in [4.69, 9.17) is 17.3 Å². The molecule has 1 fully saturated rings. The summed E-state index contributed by atoms with van der Waals surface area (Å²) in [4.78, 5) is 37.9. The molecule has 3 N–H and O–H groups in total. The number of halogens is 1. The average molecular weight is 372 g/mol. The molecule has 0 saturated carbocycles. The van der Waals surface area contributed by atoms with Gasteiger partial charge in [0.2, 0.25) is 11.8 Å². The lowest BCUT2D eigenvalue weighted by molar-refractivity contribution is -0.122. The predicted octanol–water partition coefficient (Wildman–Crippen LogP) is 2.74. The van der Waals surface area contributed by atoms with Gasteiger partial charge in [0.15, 0.2) is 0 Å². The fourth-order valence-corrected chi connectivity index (χ4v) is 3.10.